The van der Waals surface area contributed by atoms with Gasteiger partial charge in [0, 0.05) is 18.9 Å². The van der Waals surface area contributed by atoms with E-state index in [1.807, 2.05) is 0 Å². The van der Waals surface area contributed by atoms with E-state index in [9.17, 15) is 4.79 Å². The molecule has 0 fully saturated rings. The van der Waals surface area contributed by atoms with Gasteiger partial charge in [-0.1, -0.05) is 11.6 Å². The lowest BCUT2D eigenvalue weighted by molar-refractivity contribution is 0.0951. The number of aromatic nitrogens is 2. The minimum Gasteiger partial charge on any atom is -0.396 e. The van der Waals surface area contributed by atoms with Crippen molar-refractivity contribution in [3.8, 4) is 0 Å². The summed E-state index contributed by atoms with van der Waals surface area (Å²) in [5.41, 5.74) is 0.259. The molecule has 0 saturated carbocycles. The number of thioether (sulfide) groups is 1. The van der Waals surface area contributed by atoms with Crippen molar-refractivity contribution in [2.45, 2.75) is 6.42 Å². The van der Waals surface area contributed by atoms with E-state index in [0.717, 1.165) is 17.9 Å². The summed E-state index contributed by atoms with van der Waals surface area (Å²) in [7, 11) is 0. The lowest BCUT2D eigenvalue weighted by atomic mass is 10.4. The fraction of sp³-hybridized carbons (Fsp3) is 0.500. The molecule has 94 valence electrons. The molecule has 1 rings (SSSR count). The number of halogens is 1. The van der Waals surface area contributed by atoms with Gasteiger partial charge in [-0.05, 0) is 12.2 Å². The van der Waals surface area contributed by atoms with Gasteiger partial charge in [0.25, 0.3) is 5.91 Å². The van der Waals surface area contributed by atoms with Gasteiger partial charge in [0.1, 0.15) is 10.8 Å². The SMILES string of the molecule is O=C(NCCSCCCO)c1cnc(Cl)cn1. The maximum atomic E-state index is 11.5. The van der Waals surface area contributed by atoms with E-state index in [1.165, 1.54) is 12.4 Å². The van der Waals surface area contributed by atoms with Crippen LogP contribution in [0.5, 0.6) is 0 Å². The van der Waals surface area contributed by atoms with Gasteiger partial charge in [-0.2, -0.15) is 11.8 Å². The number of rotatable bonds is 7. The van der Waals surface area contributed by atoms with Gasteiger partial charge < -0.3 is 10.4 Å². The van der Waals surface area contributed by atoms with E-state index in [2.05, 4.69) is 15.3 Å². The predicted octanol–water partition coefficient (Wildman–Crippen LogP) is 0.975. The maximum Gasteiger partial charge on any atom is 0.271 e. The van der Waals surface area contributed by atoms with Crippen molar-refractivity contribution in [3.05, 3.63) is 23.2 Å². The van der Waals surface area contributed by atoms with Gasteiger partial charge in [0.05, 0.1) is 12.4 Å². The molecule has 0 radical (unpaired) electrons. The Morgan fingerprint density at radius 3 is 2.88 bits per heavy atom. The molecule has 0 aromatic carbocycles. The van der Waals surface area contributed by atoms with Crippen molar-refractivity contribution in [2.24, 2.45) is 0 Å². The van der Waals surface area contributed by atoms with E-state index in [4.69, 9.17) is 16.7 Å². The molecule has 0 atom stereocenters. The second-order valence-corrected chi connectivity index (χ2v) is 4.78. The summed E-state index contributed by atoms with van der Waals surface area (Å²) in [6.45, 7) is 0.777. The summed E-state index contributed by atoms with van der Waals surface area (Å²) in [6.07, 6.45) is 3.46. The van der Waals surface area contributed by atoms with Crippen LogP contribution in [-0.2, 0) is 0 Å². The van der Waals surface area contributed by atoms with E-state index in [0.29, 0.717) is 6.54 Å². The zero-order chi connectivity index (χ0) is 12.5. The lowest BCUT2D eigenvalue weighted by Gasteiger charge is -2.04. The number of nitrogens with zero attached hydrogens (tertiary/aromatic N) is 2. The highest BCUT2D eigenvalue weighted by Crippen LogP contribution is 2.02. The van der Waals surface area contributed by atoms with Gasteiger partial charge in [0.2, 0.25) is 0 Å². The van der Waals surface area contributed by atoms with Crippen LogP contribution in [-0.4, -0.2) is 45.6 Å². The first-order valence-corrected chi connectivity index (χ1v) is 6.71. The third-order valence-corrected chi connectivity index (χ3v) is 3.10. The number of carbonyl (C=O) groups excluding carboxylic acids is 1. The molecule has 2 N–H and O–H groups in total. The molecule has 0 unspecified atom stereocenters. The molecule has 7 heteroatoms. The Morgan fingerprint density at radius 1 is 1.41 bits per heavy atom. The Hall–Kier alpha value is -0.850. The van der Waals surface area contributed by atoms with Crippen LogP contribution in [0.4, 0.5) is 0 Å². The first-order chi connectivity index (χ1) is 8.24. The summed E-state index contributed by atoms with van der Waals surface area (Å²) in [5.74, 6) is 1.46. The highest BCUT2D eigenvalue weighted by Gasteiger charge is 2.06. The quantitative estimate of drug-likeness (QED) is 0.726. The van der Waals surface area contributed by atoms with Gasteiger partial charge in [0.15, 0.2) is 0 Å². The van der Waals surface area contributed by atoms with Crippen LogP contribution in [0, 0.1) is 0 Å². The van der Waals surface area contributed by atoms with Gasteiger partial charge in [-0.3, -0.25) is 4.79 Å². The fourth-order valence-corrected chi connectivity index (χ4v) is 1.91. The molecule has 0 aliphatic rings. The third kappa shape index (κ3) is 5.86. The van der Waals surface area contributed by atoms with Crippen molar-refractivity contribution in [1.29, 1.82) is 0 Å². The number of nitrogens with one attached hydrogen (secondary N) is 1. The Morgan fingerprint density at radius 2 is 2.24 bits per heavy atom. The largest absolute Gasteiger partial charge is 0.396 e. The number of aliphatic hydroxyl groups excluding tert-OH is 1. The van der Waals surface area contributed by atoms with Crippen molar-refractivity contribution >= 4 is 29.3 Å². The molecule has 1 amide bonds. The molecule has 1 aromatic heterocycles. The number of hydrogen-bond acceptors (Lipinski definition) is 5. The van der Waals surface area contributed by atoms with Crippen molar-refractivity contribution in [2.75, 3.05) is 24.7 Å². The molecule has 1 heterocycles. The fourth-order valence-electron chi connectivity index (χ4n) is 1.03. The van der Waals surface area contributed by atoms with Crippen LogP contribution < -0.4 is 5.32 Å². The number of carbonyl (C=O) groups is 1. The van der Waals surface area contributed by atoms with Crippen molar-refractivity contribution in [1.82, 2.24) is 15.3 Å². The van der Waals surface area contributed by atoms with Crippen LogP contribution in [0.25, 0.3) is 0 Å². The van der Waals surface area contributed by atoms with E-state index in [-0.39, 0.29) is 23.4 Å². The second-order valence-electron chi connectivity index (χ2n) is 3.17. The Kier molecular flexibility index (Phi) is 6.91. The van der Waals surface area contributed by atoms with Crippen LogP contribution in [0.3, 0.4) is 0 Å². The van der Waals surface area contributed by atoms with Crippen molar-refractivity contribution in [3.63, 3.8) is 0 Å². The molecular weight excluding hydrogens is 262 g/mol. The van der Waals surface area contributed by atoms with E-state index < -0.39 is 0 Å². The topological polar surface area (TPSA) is 75.1 Å². The van der Waals surface area contributed by atoms with Gasteiger partial charge >= 0.3 is 0 Å². The highest BCUT2D eigenvalue weighted by molar-refractivity contribution is 7.99. The zero-order valence-corrected chi connectivity index (χ0v) is 10.8. The maximum absolute atomic E-state index is 11.5. The number of aliphatic hydroxyl groups is 1. The lowest BCUT2D eigenvalue weighted by Crippen LogP contribution is -2.26. The summed E-state index contributed by atoms with van der Waals surface area (Å²) in [5, 5.41) is 11.6. The molecule has 5 nitrogen and oxygen atoms in total. The zero-order valence-electron chi connectivity index (χ0n) is 9.23. The minimum atomic E-state index is -0.253. The molecular formula is C10H14ClN3O2S. The average molecular weight is 276 g/mol. The van der Waals surface area contributed by atoms with Gasteiger partial charge in [-0.25, -0.2) is 9.97 Å². The van der Waals surface area contributed by atoms with E-state index >= 15 is 0 Å². The number of hydrogen-bond donors (Lipinski definition) is 2. The van der Waals surface area contributed by atoms with Crippen LogP contribution in [0.15, 0.2) is 12.4 Å². The van der Waals surface area contributed by atoms with Crippen LogP contribution in [0.1, 0.15) is 16.9 Å². The second kappa shape index (κ2) is 8.27. The Labute approximate surface area is 109 Å². The first-order valence-electron chi connectivity index (χ1n) is 5.18. The smallest absolute Gasteiger partial charge is 0.271 e. The summed E-state index contributed by atoms with van der Waals surface area (Å²) in [6, 6.07) is 0. The van der Waals surface area contributed by atoms with Crippen LogP contribution >= 0.6 is 23.4 Å². The molecule has 17 heavy (non-hydrogen) atoms. The predicted molar refractivity (Wildman–Crippen MR) is 68.4 cm³/mol. The van der Waals surface area contributed by atoms with Crippen molar-refractivity contribution < 1.29 is 9.90 Å². The molecule has 1 aromatic rings. The standard InChI is InChI=1S/C10H14ClN3O2S/c11-9-7-13-8(6-14-9)10(16)12-2-5-17-4-1-3-15/h6-7,15H,1-5H2,(H,12,16). The molecule has 0 spiro atoms. The summed E-state index contributed by atoms with van der Waals surface area (Å²) >= 11 is 7.25. The van der Waals surface area contributed by atoms with E-state index in [1.54, 1.807) is 11.8 Å². The average Bonchev–Trinajstić information content (AvgIpc) is 2.34. The molecule has 0 bridgehead atoms. The summed E-state index contributed by atoms with van der Waals surface area (Å²) < 4.78 is 0. The Balaban J connectivity index is 2.19. The normalized spacial score (nSPS) is 10.2. The number of amides is 1. The third-order valence-electron chi connectivity index (χ3n) is 1.83. The molecule has 0 saturated heterocycles. The Bertz CT molecular complexity index is 348. The van der Waals surface area contributed by atoms with Crippen LogP contribution in [0.2, 0.25) is 5.15 Å². The molecule has 0 aliphatic heterocycles. The first kappa shape index (κ1) is 14.2. The molecule has 0 aliphatic carbocycles. The highest BCUT2D eigenvalue weighted by atomic mass is 35.5. The summed E-state index contributed by atoms with van der Waals surface area (Å²) in [4.78, 5) is 19.2. The van der Waals surface area contributed by atoms with Gasteiger partial charge in [-0.15, -0.1) is 0 Å². The minimum absolute atomic E-state index is 0.208. The monoisotopic (exact) mass is 275 g/mol.